The summed E-state index contributed by atoms with van der Waals surface area (Å²) < 4.78 is 0. The minimum absolute atomic E-state index is 0.0413. The molecule has 0 saturated heterocycles. The number of nitriles is 1. The molecule has 0 aliphatic heterocycles. The molecule has 0 aromatic heterocycles. The lowest BCUT2D eigenvalue weighted by molar-refractivity contribution is -0.137. The summed E-state index contributed by atoms with van der Waals surface area (Å²) in [7, 11) is 0. The van der Waals surface area contributed by atoms with Crippen LogP contribution in [-0.4, -0.2) is 23.5 Å². The van der Waals surface area contributed by atoms with Gasteiger partial charge in [-0.1, -0.05) is 12.1 Å². The highest BCUT2D eigenvalue weighted by Crippen LogP contribution is 2.04. The Bertz CT molecular complexity index is 512. The van der Waals surface area contributed by atoms with E-state index in [2.05, 4.69) is 5.32 Å². The van der Waals surface area contributed by atoms with E-state index in [9.17, 15) is 9.59 Å². The van der Waals surface area contributed by atoms with Gasteiger partial charge < -0.3 is 10.4 Å². The summed E-state index contributed by atoms with van der Waals surface area (Å²) in [5, 5.41) is 19.6. The van der Waals surface area contributed by atoms with E-state index in [1.165, 1.54) is 6.08 Å². The first kappa shape index (κ1) is 14.5. The van der Waals surface area contributed by atoms with E-state index >= 15 is 0 Å². The van der Waals surface area contributed by atoms with Crippen molar-refractivity contribution < 1.29 is 14.7 Å². The number of benzene rings is 1. The van der Waals surface area contributed by atoms with Gasteiger partial charge in [0.15, 0.2) is 0 Å². The number of carbonyl (C=O) groups excluding carboxylic acids is 1. The Labute approximate surface area is 111 Å². The van der Waals surface area contributed by atoms with Gasteiger partial charge in [-0.05, 0) is 30.2 Å². The molecule has 0 fully saturated rings. The Kier molecular flexibility index (Phi) is 5.83. The standard InChI is InChI=1S/C14H14N2O3/c15-10-12-5-3-11(4-6-12)7-8-13(17)16-9-1-2-14(18)19/h3-8H,1-2,9H2,(H,16,17)(H,18,19)/b8-7+. The highest BCUT2D eigenvalue weighted by Gasteiger charge is 1.98. The van der Waals surface area contributed by atoms with E-state index in [-0.39, 0.29) is 12.3 Å². The maximum atomic E-state index is 11.4. The zero-order valence-electron chi connectivity index (χ0n) is 10.3. The summed E-state index contributed by atoms with van der Waals surface area (Å²) in [6.45, 7) is 0.336. The molecule has 0 unspecified atom stereocenters. The normalized spacial score (nSPS) is 10.1. The first-order valence-electron chi connectivity index (χ1n) is 5.79. The summed E-state index contributed by atoms with van der Waals surface area (Å²) in [4.78, 5) is 21.6. The first-order chi connectivity index (χ1) is 9.11. The van der Waals surface area contributed by atoms with Gasteiger partial charge in [0.25, 0.3) is 0 Å². The fraction of sp³-hybridized carbons (Fsp3) is 0.214. The number of carboxylic acid groups (broad SMARTS) is 1. The van der Waals surface area contributed by atoms with Gasteiger partial charge in [0.1, 0.15) is 0 Å². The zero-order valence-corrected chi connectivity index (χ0v) is 10.3. The lowest BCUT2D eigenvalue weighted by Gasteiger charge is -1.99. The van der Waals surface area contributed by atoms with Crippen LogP contribution in [0.2, 0.25) is 0 Å². The van der Waals surface area contributed by atoms with E-state index in [0.29, 0.717) is 18.5 Å². The van der Waals surface area contributed by atoms with Crippen molar-refractivity contribution in [2.75, 3.05) is 6.54 Å². The molecule has 5 nitrogen and oxygen atoms in total. The van der Waals surface area contributed by atoms with Crippen molar-refractivity contribution >= 4 is 18.0 Å². The highest BCUT2D eigenvalue weighted by atomic mass is 16.4. The molecular formula is C14H14N2O3. The number of nitrogens with zero attached hydrogens (tertiary/aromatic N) is 1. The Morgan fingerprint density at radius 3 is 2.58 bits per heavy atom. The van der Waals surface area contributed by atoms with E-state index in [1.54, 1.807) is 30.3 Å². The highest BCUT2D eigenvalue weighted by molar-refractivity contribution is 5.91. The minimum Gasteiger partial charge on any atom is -0.481 e. The average Bonchev–Trinajstić information content (AvgIpc) is 2.41. The lowest BCUT2D eigenvalue weighted by Crippen LogP contribution is -2.22. The summed E-state index contributed by atoms with van der Waals surface area (Å²) in [5.74, 6) is -1.14. The fourth-order valence-electron chi connectivity index (χ4n) is 1.35. The van der Waals surface area contributed by atoms with Gasteiger partial charge in [0.05, 0.1) is 11.6 Å². The van der Waals surface area contributed by atoms with Crippen LogP contribution in [0.3, 0.4) is 0 Å². The van der Waals surface area contributed by atoms with Gasteiger partial charge in [0, 0.05) is 19.0 Å². The predicted molar refractivity (Wildman–Crippen MR) is 70.1 cm³/mol. The van der Waals surface area contributed by atoms with Gasteiger partial charge in [0.2, 0.25) is 5.91 Å². The van der Waals surface area contributed by atoms with Gasteiger partial charge in [-0.3, -0.25) is 9.59 Å². The number of aliphatic carboxylic acids is 1. The average molecular weight is 258 g/mol. The molecule has 1 aromatic rings. The van der Waals surface area contributed by atoms with Crippen LogP contribution in [0.5, 0.6) is 0 Å². The quantitative estimate of drug-likeness (QED) is 0.598. The molecule has 98 valence electrons. The molecule has 0 atom stereocenters. The fourth-order valence-corrected chi connectivity index (χ4v) is 1.35. The summed E-state index contributed by atoms with van der Waals surface area (Å²) >= 11 is 0. The third kappa shape index (κ3) is 6.03. The third-order valence-corrected chi connectivity index (χ3v) is 2.33. The molecule has 0 saturated carbocycles. The molecule has 0 spiro atoms. The Morgan fingerprint density at radius 2 is 2.00 bits per heavy atom. The van der Waals surface area contributed by atoms with Crippen LogP contribution in [-0.2, 0) is 9.59 Å². The smallest absolute Gasteiger partial charge is 0.303 e. The van der Waals surface area contributed by atoms with Crippen LogP contribution in [0.1, 0.15) is 24.0 Å². The monoisotopic (exact) mass is 258 g/mol. The maximum absolute atomic E-state index is 11.4. The van der Waals surface area contributed by atoms with E-state index in [1.807, 2.05) is 6.07 Å². The first-order valence-corrected chi connectivity index (χ1v) is 5.79. The molecule has 0 bridgehead atoms. The van der Waals surface area contributed by atoms with Crippen LogP contribution in [0.4, 0.5) is 0 Å². The number of nitrogens with one attached hydrogen (secondary N) is 1. The molecular weight excluding hydrogens is 244 g/mol. The second-order valence-electron chi connectivity index (χ2n) is 3.86. The number of amides is 1. The van der Waals surface area contributed by atoms with E-state index < -0.39 is 5.97 Å². The van der Waals surface area contributed by atoms with Crippen molar-refractivity contribution in [1.82, 2.24) is 5.32 Å². The largest absolute Gasteiger partial charge is 0.481 e. The van der Waals surface area contributed by atoms with Crippen LogP contribution in [0.15, 0.2) is 30.3 Å². The molecule has 2 N–H and O–H groups in total. The molecule has 0 heterocycles. The summed E-state index contributed by atoms with van der Waals surface area (Å²) in [6.07, 6.45) is 3.46. The number of carbonyl (C=O) groups is 2. The Hall–Kier alpha value is -2.61. The second-order valence-corrected chi connectivity index (χ2v) is 3.86. The van der Waals surface area contributed by atoms with Crippen molar-refractivity contribution in [3.05, 3.63) is 41.5 Å². The zero-order chi connectivity index (χ0) is 14.1. The van der Waals surface area contributed by atoms with Crippen molar-refractivity contribution in [2.45, 2.75) is 12.8 Å². The van der Waals surface area contributed by atoms with Crippen LogP contribution < -0.4 is 5.32 Å². The van der Waals surface area contributed by atoms with Crippen LogP contribution >= 0.6 is 0 Å². The van der Waals surface area contributed by atoms with Gasteiger partial charge >= 0.3 is 5.97 Å². The molecule has 1 aromatic carbocycles. The molecule has 0 aliphatic rings. The molecule has 19 heavy (non-hydrogen) atoms. The number of hydrogen-bond donors (Lipinski definition) is 2. The molecule has 0 radical (unpaired) electrons. The molecule has 5 heteroatoms. The second kappa shape index (κ2) is 7.67. The van der Waals surface area contributed by atoms with E-state index in [4.69, 9.17) is 10.4 Å². The molecule has 1 amide bonds. The maximum Gasteiger partial charge on any atom is 0.303 e. The van der Waals surface area contributed by atoms with Crippen molar-refractivity contribution in [3.63, 3.8) is 0 Å². The van der Waals surface area contributed by atoms with Crippen molar-refractivity contribution in [2.24, 2.45) is 0 Å². The van der Waals surface area contributed by atoms with E-state index in [0.717, 1.165) is 5.56 Å². The lowest BCUT2D eigenvalue weighted by atomic mass is 10.1. The molecule has 0 aliphatic carbocycles. The summed E-state index contributed by atoms with van der Waals surface area (Å²) in [5.41, 5.74) is 1.38. The summed E-state index contributed by atoms with van der Waals surface area (Å²) in [6, 6.07) is 8.84. The molecule has 1 rings (SSSR count). The topological polar surface area (TPSA) is 90.2 Å². The number of rotatable bonds is 6. The number of hydrogen-bond acceptors (Lipinski definition) is 3. The van der Waals surface area contributed by atoms with Crippen LogP contribution in [0, 0.1) is 11.3 Å². The van der Waals surface area contributed by atoms with Gasteiger partial charge in [-0.15, -0.1) is 0 Å². The number of carboxylic acids is 1. The SMILES string of the molecule is N#Cc1ccc(/C=C/C(=O)NCCCC(=O)O)cc1. The Balaban J connectivity index is 2.36. The van der Waals surface area contributed by atoms with Crippen molar-refractivity contribution in [1.29, 1.82) is 5.26 Å². The van der Waals surface area contributed by atoms with Crippen LogP contribution in [0.25, 0.3) is 6.08 Å². The predicted octanol–water partition coefficient (Wildman–Crippen LogP) is 1.55. The van der Waals surface area contributed by atoms with Gasteiger partial charge in [-0.25, -0.2) is 0 Å². The minimum atomic E-state index is -0.873. The van der Waals surface area contributed by atoms with Crippen molar-refractivity contribution in [3.8, 4) is 6.07 Å². The Morgan fingerprint density at radius 1 is 1.32 bits per heavy atom. The van der Waals surface area contributed by atoms with Gasteiger partial charge in [-0.2, -0.15) is 5.26 Å². The third-order valence-electron chi connectivity index (χ3n) is 2.33.